The first-order chi connectivity index (χ1) is 8.68. The van der Waals surface area contributed by atoms with Crippen molar-refractivity contribution in [1.29, 1.82) is 0 Å². The summed E-state index contributed by atoms with van der Waals surface area (Å²) < 4.78 is 19.1. The van der Waals surface area contributed by atoms with Crippen molar-refractivity contribution in [2.24, 2.45) is 0 Å². The Hall–Kier alpha value is -0.740. The normalized spacial score (nSPS) is 19.1. The fraction of sp³-hybridized carbons (Fsp3) is 0.500. The standard InChI is InChI=1S/C14H16BrFO2/c15-14-11(6-2-7-12(14)16)13(17)8-1-4-10-5-3-9-18-10/h2,6-7,10H,1,3-5,8-9H2. The molecule has 0 aromatic heterocycles. The molecule has 98 valence electrons. The van der Waals surface area contributed by atoms with Crippen LogP contribution in [-0.2, 0) is 4.74 Å². The summed E-state index contributed by atoms with van der Waals surface area (Å²) in [5.41, 5.74) is 0.433. The van der Waals surface area contributed by atoms with Gasteiger partial charge in [-0.1, -0.05) is 12.1 Å². The van der Waals surface area contributed by atoms with Crippen molar-refractivity contribution in [3.8, 4) is 0 Å². The third-order valence-electron chi connectivity index (χ3n) is 3.21. The predicted octanol–water partition coefficient (Wildman–Crippen LogP) is 4.12. The van der Waals surface area contributed by atoms with E-state index in [9.17, 15) is 9.18 Å². The van der Waals surface area contributed by atoms with Gasteiger partial charge in [0.2, 0.25) is 0 Å². The van der Waals surface area contributed by atoms with E-state index in [0.717, 1.165) is 32.3 Å². The topological polar surface area (TPSA) is 26.3 Å². The summed E-state index contributed by atoms with van der Waals surface area (Å²) in [6.45, 7) is 0.841. The van der Waals surface area contributed by atoms with E-state index in [2.05, 4.69) is 15.9 Å². The largest absolute Gasteiger partial charge is 0.378 e. The average Bonchev–Trinajstić information content (AvgIpc) is 2.85. The van der Waals surface area contributed by atoms with Crippen LogP contribution < -0.4 is 0 Å². The SMILES string of the molecule is O=C(CCCC1CCCO1)c1cccc(F)c1Br. The molecule has 1 saturated heterocycles. The number of ketones is 1. The van der Waals surface area contributed by atoms with Gasteiger partial charge in [0, 0.05) is 18.6 Å². The van der Waals surface area contributed by atoms with Gasteiger partial charge in [0.25, 0.3) is 0 Å². The molecule has 1 aliphatic heterocycles. The average molecular weight is 315 g/mol. The van der Waals surface area contributed by atoms with Gasteiger partial charge in [-0.2, -0.15) is 0 Å². The highest BCUT2D eigenvalue weighted by Crippen LogP contribution is 2.23. The van der Waals surface area contributed by atoms with Crippen molar-refractivity contribution in [3.63, 3.8) is 0 Å². The van der Waals surface area contributed by atoms with Gasteiger partial charge in [-0.05, 0) is 47.7 Å². The minimum Gasteiger partial charge on any atom is -0.378 e. The molecule has 0 amide bonds. The molecule has 0 spiro atoms. The van der Waals surface area contributed by atoms with Crippen LogP contribution in [0, 0.1) is 5.82 Å². The summed E-state index contributed by atoms with van der Waals surface area (Å²) in [6.07, 6.45) is 4.69. The van der Waals surface area contributed by atoms with Gasteiger partial charge in [-0.25, -0.2) is 4.39 Å². The fourth-order valence-electron chi connectivity index (χ4n) is 2.22. The van der Waals surface area contributed by atoms with E-state index >= 15 is 0 Å². The van der Waals surface area contributed by atoms with Gasteiger partial charge in [0.05, 0.1) is 10.6 Å². The maximum Gasteiger partial charge on any atom is 0.164 e. The molecule has 0 bridgehead atoms. The summed E-state index contributed by atoms with van der Waals surface area (Å²) in [7, 11) is 0. The first kappa shape index (κ1) is 13.7. The molecule has 1 fully saturated rings. The third kappa shape index (κ3) is 3.39. The lowest BCUT2D eigenvalue weighted by Gasteiger charge is -2.09. The van der Waals surface area contributed by atoms with Crippen LogP contribution in [0.3, 0.4) is 0 Å². The van der Waals surface area contributed by atoms with E-state index in [1.165, 1.54) is 6.07 Å². The number of carbonyl (C=O) groups is 1. The van der Waals surface area contributed by atoms with Crippen LogP contribution in [-0.4, -0.2) is 18.5 Å². The quantitative estimate of drug-likeness (QED) is 0.764. The number of hydrogen-bond acceptors (Lipinski definition) is 2. The summed E-state index contributed by atoms with van der Waals surface area (Å²) in [5, 5.41) is 0. The van der Waals surface area contributed by atoms with E-state index in [1.807, 2.05) is 0 Å². The molecule has 1 heterocycles. The molecule has 18 heavy (non-hydrogen) atoms. The van der Waals surface area contributed by atoms with Gasteiger partial charge < -0.3 is 4.74 Å². The van der Waals surface area contributed by atoms with Crippen molar-refractivity contribution in [1.82, 2.24) is 0 Å². The minimum absolute atomic E-state index is 0.0145. The molecular formula is C14H16BrFO2. The monoisotopic (exact) mass is 314 g/mol. The van der Waals surface area contributed by atoms with Crippen LogP contribution >= 0.6 is 15.9 Å². The maximum absolute atomic E-state index is 13.3. The molecule has 0 radical (unpaired) electrons. The van der Waals surface area contributed by atoms with Crippen LogP contribution in [0.1, 0.15) is 42.5 Å². The van der Waals surface area contributed by atoms with Crippen molar-refractivity contribution in [2.45, 2.75) is 38.2 Å². The zero-order valence-corrected chi connectivity index (χ0v) is 11.7. The molecule has 2 rings (SSSR count). The number of ether oxygens (including phenoxy) is 1. The van der Waals surface area contributed by atoms with Crippen LogP contribution in [0.25, 0.3) is 0 Å². The lowest BCUT2D eigenvalue weighted by atomic mass is 10.0. The molecule has 0 saturated carbocycles. The number of Topliss-reactive ketones (excluding diaryl/α,β-unsaturated/α-hetero) is 1. The van der Waals surface area contributed by atoms with E-state index in [-0.39, 0.29) is 16.1 Å². The van der Waals surface area contributed by atoms with Crippen LogP contribution in [0.5, 0.6) is 0 Å². The minimum atomic E-state index is -0.389. The Labute approximate surface area is 115 Å². The summed E-state index contributed by atoms with van der Waals surface area (Å²) in [5.74, 6) is -0.403. The maximum atomic E-state index is 13.3. The van der Waals surface area contributed by atoms with E-state index in [4.69, 9.17) is 4.74 Å². The van der Waals surface area contributed by atoms with Crippen molar-refractivity contribution in [3.05, 3.63) is 34.1 Å². The van der Waals surface area contributed by atoms with Crippen molar-refractivity contribution in [2.75, 3.05) is 6.61 Å². The van der Waals surface area contributed by atoms with Gasteiger partial charge in [-0.15, -0.1) is 0 Å². The highest BCUT2D eigenvalue weighted by atomic mass is 79.9. The Kier molecular flexibility index (Phi) is 4.89. The highest BCUT2D eigenvalue weighted by Gasteiger charge is 2.17. The molecule has 1 unspecified atom stereocenters. The second kappa shape index (κ2) is 6.43. The molecule has 4 heteroatoms. The Morgan fingerprint density at radius 3 is 3.06 bits per heavy atom. The van der Waals surface area contributed by atoms with Gasteiger partial charge >= 0.3 is 0 Å². The third-order valence-corrected chi connectivity index (χ3v) is 4.01. The zero-order chi connectivity index (χ0) is 13.0. The predicted molar refractivity (Wildman–Crippen MR) is 71.3 cm³/mol. The van der Waals surface area contributed by atoms with Crippen molar-refractivity contribution >= 4 is 21.7 Å². The van der Waals surface area contributed by atoms with Crippen LogP contribution in [0.2, 0.25) is 0 Å². The summed E-state index contributed by atoms with van der Waals surface area (Å²) in [6, 6.07) is 4.56. The highest BCUT2D eigenvalue weighted by molar-refractivity contribution is 9.10. The molecular weight excluding hydrogens is 299 g/mol. The van der Waals surface area contributed by atoms with E-state index in [1.54, 1.807) is 12.1 Å². The van der Waals surface area contributed by atoms with Gasteiger partial charge in [0.1, 0.15) is 5.82 Å². The Morgan fingerprint density at radius 2 is 2.33 bits per heavy atom. The Morgan fingerprint density at radius 1 is 1.50 bits per heavy atom. The molecule has 1 aliphatic rings. The number of benzene rings is 1. The molecule has 1 aromatic rings. The number of rotatable bonds is 5. The molecule has 1 atom stereocenters. The second-order valence-corrected chi connectivity index (χ2v) is 5.34. The first-order valence-corrected chi connectivity index (χ1v) is 7.06. The number of carbonyl (C=O) groups excluding carboxylic acids is 1. The van der Waals surface area contributed by atoms with Crippen LogP contribution in [0.15, 0.2) is 22.7 Å². The zero-order valence-electron chi connectivity index (χ0n) is 10.1. The second-order valence-electron chi connectivity index (χ2n) is 4.55. The van der Waals surface area contributed by atoms with Crippen LogP contribution in [0.4, 0.5) is 4.39 Å². The lowest BCUT2D eigenvalue weighted by Crippen LogP contribution is -2.07. The Balaban J connectivity index is 1.85. The van der Waals surface area contributed by atoms with Gasteiger partial charge in [-0.3, -0.25) is 4.79 Å². The van der Waals surface area contributed by atoms with Crippen molar-refractivity contribution < 1.29 is 13.9 Å². The van der Waals surface area contributed by atoms with E-state index in [0.29, 0.717) is 18.1 Å². The van der Waals surface area contributed by atoms with Gasteiger partial charge in [0.15, 0.2) is 5.78 Å². The molecule has 0 aliphatic carbocycles. The molecule has 0 N–H and O–H groups in total. The number of halogens is 2. The lowest BCUT2D eigenvalue weighted by molar-refractivity contribution is 0.0922. The van der Waals surface area contributed by atoms with E-state index < -0.39 is 0 Å². The molecule has 2 nitrogen and oxygen atoms in total. The number of hydrogen-bond donors (Lipinski definition) is 0. The smallest absolute Gasteiger partial charge is 0.164 e. The Bertz CT molecular complexity index is 428. The fourth-order valence-corrected chi connectivity index (χ4v) is 2.70. The molecule has 1 aromatic carbocycles. The summed E-state index contributed by atoms with van der Waals surface area (Å²) in [4.78, 5) is 12.0. The summed E-state index contributed by atoms with van der Waals surface area (Å²) >= 11 is 3.12. The first-order valence-electron chi connectivity index (χ1n) is 6.27.